The predicted octanol–water partition coefficient (Wildman–Crippen LogP) is 1.47. The van der Waals surface area contributed by atoms with Gasteiger partial charge in [0.15, 0.2) is 0 Å². The zero-order valence-electron chi connectivity index (χ0n) is 10.0. The van der Waals surface area contributed by atoms with Crippen LogP contribution >= 0.6 is 0 Å². The molecule has 3 heteroatoms. The predicted molar refractivity (Wildman–Crippen MR) is 67.6 cm³/mol. The largest absolute Gasteiger partial charge is 0.396 e. The first-order valence-corrected chi connectivity index (χ1v) is 6.38. The molecular weight excluding hydrogens is 214 g/mol. The third kappa shape index (κ3) is 3.28. The topological polar surface area (TPSA) is 52.5 Å². The lowest BCUT2D eigenvalue weighted by Gasteiger charge is -2.21. The van der Waals surface area contributed by atoms with Crippen molar-refractivity contribution >= 4 is 0 Å². The minimum absolute atomic E-state index is 0.249. The fourth-order valence-corrected chi connectivity index (χ4v) is 2.58. The highest BCUT2D eigenvalue weighted by Gasteiger charge is 2.26. The van der Waals surface area contributed by atoms with E-state index in [1.165, 1.54) is 6.42 Å². The molecule has 0 radical (unpaired) electrons. The number of nitrogens with one attached hydrogen (secondary N) is 1. The van der Waals surface area contributed by atoms with E-state index in [0.717, 1.165) is 18.4 Å². The SMILES string of the molecule is OCC1CCCC1NCC(O)c1ccccc1. The van der Waals surface area contributed by atoms with Gasteiger partial charge in [0.1, 0.15) is 0 Å². The van der Waals surface area contributed by atoms with Gasteiger partial charge >= 0.3 is 0 Å². The van der Waals surface area contributed by atoms with Gasteiger partial charge in [-0.15, -0.1) is 0 Å². The summed E-state index contributed by atoms with van der Waals surface area (Å²) in [4.78, 5) is 0. The molecule has 1 aliphatic rings. The third-order valence-corrected chi connectivity index (χ3v) is 3.65. The Morgan fingerprint density at radius 3 is 2.71 bits per heavy atom. The Bertz CT molecular complexity index is 328. The van der Waals surface area contributed by atoms with Crippen molar-refractivity contribution in [2.45, 2.75) is 31.4 Å². The monoisotopic (exact) mass is 235 g/mol. The summed E-state index contributed by atoms with van der Waals surface area (Å²) in [6.45, 7) is 0.810. The summed E-state index contributed by atoms with van der Waals surface area (Å²) >= 11 is 0. The van der Waals surface area contributed by atoms with Crippen molar-refractivity contribution in [2.24, 2.45) is 5.92 Å². The average molecular weight is 235 g/mol. The van der Waals surface area contributed by atoms with Gasteiger partial charge in [-0.1, -0.05) is 36.8 Å². The number of benzene rings is 1. The molecule has 1 aromatic carbocycles. The number of hydrogen-bond donors (Lipinski definition) is 3. The number of rotatable bonds is 5. The minimum Gasteiger partial charge on any atom is -0.396 e. The van der Waals surface area contributed by atoms with E-state index < -0.39 is 6.10 Å². The summed E-state index contributed by atoms with van der Waals surface area (Å²) < 4.78 is 0. The van der Waals surface area contributed by atoms with Gasteiger partial charge in [0, 0.05) is 19.2 Å². The third-order valence-electron chi connectivity index (χ3n) is 3.65. The Morgan fingerprint density at radius 1 is 1.24 bits per heavy atom. The van der Waals surface area contributed by atoms with Crippen molar-refractivity contribution in [2.75, 3.05) is 13.2 Å². The normalized spacial score (nSPS) is 26.0. The van der Waals surface area contributed by atoms with Crippen LogP contribution in [-0.2, 0) is 0 Å². The fourth-order valence-electron chi connectivity index (χ4n) is 2.58. The van der Waals surface area contributed by atoms with Crippen LogP contribution < -0.4 is 5.32 Å². The first-order chi connectivity index (χ1) is 8.31. The van der Waals surface area contributed by atoms with E-state index in [0.29, 0.717) is 18.5 Å². The maximum Gasteiger partial charge on any atom is 0.0914 e. The summed E-state index contributed by atoms with van der Waals surface area (Å²) in [5, 5.41) is 22.6. The van der Waals surface area contributed by atoms with Crippen molar-refractivity contribution in [1.29, 1.82) is 0 Å². The first-order valence-electron chi connectivity index (χ1n) is 6.38. The van der Waals surface area contributed by atoms with E-state index in [-0.39, 0.29) is 6.61 Å². The van der Waals surface area contributed by atoms with E-state index >= 15 is 0 Å². The zero-order chi connectivity index (χ0) is 12.1. The van der Waals surface area contributed by atoms with Crippen molar-refractivity contribution in [3.05, 3.63) is 35.9 Å². The zero-order valence-corrected chi connectivity index (χ0v) is 10.0. The molecule has 2 rings (SSSR count). The van der Waals surface area contributed by atoms with Crippen molar-refractivity contribution in [3.63, 3.8) is 0 Å². The summed E-state index contributed by atoms with van der Waals surface area (Å²) in [5.41, 5.74) is 0.943. The molecule has 0 bridgehead atoms. The second-order valence-corrected chi connectivity index (χ2v) is 4.81. The molecule has 0 amide bonds. The first kappa shape index (κ1) is 12.6. The molecular formula is C14H21NO2. The number of aliphatic hydroxyl groups is 2. The van der Waals surface area contributed by atoms with Crippen molar-refractivity contribution in [3.8, 4) is 0 Å². The molecule has 1 aromatic rings. The highest BCUT2D eigenvalue weighted by Crippen LogP contribution is 2.25. The molecule has 0 saturated heterocycles. The van der Waals surface area contributed by atoms with Crippen LogP contribution in [-0.4, -0.2) is 29.4 Å². The van der Waals surface area contributed by atoms with Gasteiger partial charge in [0.05, 0.1) is 6.10 Å². The average Bonchev–Trinajstić information content (AvgIpc) is 2.84. The second-order valence-electron chi connectivity index (χ2n) is 4.81. The maximum absolute atomic E-state index is 10.0. The molecule has 3 N–H and O–H groups in total. The van der Waals surface area contributed by atoms with Gasteiger partial charge in [0.2, 0.25) is 0 Å². The maximum atomic E-state index is 10.0. The Balaban J connectivity index is 1.82. The molecule has 0 aromatic heterocycles. The highest BCUT2D eigenvalue weighted by atomic mass is 16.3. The Kier molecular flexibility index (Phi) is 4.54. The van der Waals surface area contributed by atoms with Crippen LogP contribution in [0.2, 0.25) is 0 Å². The molecule has 3 atom stereocenters. The van der Waals surface area contributed by atoms with Gasteiger partial charge in [-0.3, -0.25) is 0 Å². The van der Waals surface area contributed by atoms with Crippen molar-refractivity contribution < 1.29 is 10.2 Å². The van der Waals surface area contributed by atoms with Crippen LogP contribution in [0.1, 0.15) is 30.9 Å². The fraction of sp³-hybridized carbons (Fsp3) is 0.571. The molecule has 0 aliphatic heterocycles. The van der Waals surface area contributed by atoms with Gasteiger partial charge in [-0.2, -0.15) is 0 Å². The lowest BCUT2D eigenvalue weighted by Crippen LogP contribution is -2.36. The van der Waals surface area contributed by atoms with Crippen LogP contribution in [0.5, 0.6) is 0 Å². The van der Waals surface area contributed by atoms with E-state index in [9.17, 15) is 10.2 Å². The Hall–Kier alpha value is -0.900. The summed E-state index contributed by atoms with van der Waals surface area (Å²) in [6.07, 6.45) is 2.91. The Morgan fingerprint density at radius 2 is 2.00 bits per heavy atom. The smallest absolute Gasteiger partial charge is 0.0914 e. The van der Waals surface area contributed by atoms with Crippen LogP contribution in [0.3, 0.4) is 0 Å². The van der Waals surface area contributed by atoms with E-state index in [1.54, 1.807) is 0 Å². The van der Waals surface area contributed by atoms with Crippen LogP contribution in [0.25, 0.3) is 0 Å². The molecule has 94 valence electrons. The molecule has 1 aliphatic carbocycles. The summed E-state index contributed by atoms with van der Waals surface area (Å²) in [7, 11) is 0. The lowest BCUT2D eigenvalue weighted by atomic mass is 10.0. The molecule has 1 saturated carbocycles. The van der Waals surface area contributed by atoms with E-state index in [2.05, 4.69) is 5.32 Å². The lowest BCUT2D eigenvalue weighted by molar-refractivity contribution is 0.155. The molecule has 1 fully saturated rings. The van der Waals surface area contributed by atoms with E-state index in [4.69, 9.17) is 0 Å². The van der Waals surface area contributed by atoms with Crippen LogP contribution in [0.4, 0.5) is 0 Å². The minimum atomic E-state index is -0.462. The second kappa shape index (κ2) is 6.15. The number of hydrogen-bond acceptors (Lipinski definition) is 3. The van der Waals surface area contributed by atoms with Crippen LogP contribution in [0.15, 0.2) is 30.3 Å². The van der Waals surface area contributed by atoms with Crippen LogP contribution in [0, 0.1) is 5.92 Å². The standard InChI is InChI=1S/C14H21NO2/c16-10-12-7-4-8-13(12)15-9-14(17)11-5-2-1-3-6-11/h1-3,5-6,12-17H,4,7-10H2. The van der Waals surface area contributed by atoms with Gasteiger partial charge in [-0.05, 0) is 24.3 Å². The van der Waals surface area contributed by atoms with Crippen molar-refractivity contribution in [1.82, 2.24) is 5.32 Å². The van der Waals surface area contributed by atoms with Gasteiger partial charge in [-0.25, -0.2) is 0 Å². The molecule has 0 heterocycles. The summed E-state index contributed by atoms with van der Waals surface area (Å²) in [5.74, 6) is 0.359. The summed E-state index contributed by atoms with van der Waals surface area (Å²) in [6, 6.07) is 10.0. The van der Waals surface area contributed by atoms with E-state index in [1.807, 2.05) is 30.3 Å². The molecule has 17 heavy (non-hydrogen) atoms. The quantitative estimate of drug-likeness (QED) is 0.724. The molecule has 0 spiro atoms. The van der Waals surface area contributed by atoms with Gasteiger partial charge < -0.3 is 15.5 Å². The Labute approximate surface area is 102 Å². The number of aliphatic hydroxyl groups excluding tert-OH is 2. The van der Waals surface area contributed by atoms with Gasteiger partial charge in [0.25, 0.3) is 0 Å². The molecule has 3 nitrogen and oxygen atoms in total. The highest BCUT2D eigenvalue weighted by molar-refractivity contribution is 5.17. The molecule has 3 unspecified atom stereocenters.